The second-order valence-corrected chi connectivity index (χ2v) is 27.9. The zero-order valence-corrected chi connectivity index (χ0v) is 56.2. The average Bonchev–Trinajstić information content (AvgIpc) is 1.85. The molecule has 0 spiro atoms. The Balaban J connectivity index is 0.000000636. The zero-order chi connectivity index (χ0) is 66.9. The Morgan fingerprint density at radius 2 is 1.03 bits per heavy atom. The van der Waals surface area contributed by atoms with Crippen molar-refractivity contribution in [3.63, 3.8) is 0 Å². The van der Waals surface area contributed by atoms with Crippen LogP contribution >= 0.6 is 0 Å². The number of hydrogen-bond donors (Lipinski definition) is 10. The molecular formula is C62H111N5O20. The maximum Gasteiger partial charge on any atom is 0.408 e. The molecule has 1 aromatic rings. The first-order valence-corrected chi connectivity index (χ1v) is 30.4. The molecule has 2 aliphatic carbocycles. The molecule has 0 radical (unpaired) electrons. The second kappa shape index (κ2) is 33.7. The minimum Gasteiger partial charge on any atom is -0.492 e. The molecule has 0 bridgehead atoms. The third-order valence-electron chi connectivity index (χ3n) is 13.2. The van der Waals surface area contributed by atoms with Crippen molar-refractivity contribution in [3.05, 3.63) is 28.8 Å². The molecule has 1 aromatic carbocycles. The van der Waals surface area contributed by atoms with Crippen LogP contribution in [-0.2, 0) is 42.6 Å². The number of carbonyl (C=O) groups is 5. The number of hydrogen-bond acceptors (Lipinski definition) is 20. The minimum atomic E-state index is -1.81. The molecule has 14 atom stereocenters. The van der Waals surface area contributed by atoms with Gasteiger partial charge in [-0.25, -0.2) is 24.0 Å². The number of aliphatic hydroxyl groups is 5. The molecule has 87 heavy (non-hydrogen) atoms. The fraction of sp³-hybridized carbons (Fsp3) is 0.823. The number of nitrogens with one attached hydrogen (secondary N) is 5. The molecule has 25 nitrogen and oxygen atoms in total. The lowest BCUT2D eigenvalue weighted by molar-refractivity contribution is -0.284. The molecule has 4 rings (SSSR count). The van der Waals surface area contributed by atoms with Gasteiger partial charge in [-0.15, -0.1) is 0 Å². The molecule has 3 aliphatic rings. The van der Waals surface area contributed by atoms with E-state index in [4.69, 9.17) is 47.4 Å². The summed E-state index contributed by atoms with van der Waals surface area (Å²) in [5.74, 6) is 1.32. The van der Waals surface area contributed by atoms with E-state index in [-0.39, 0.29) is 43.4 Å². The molecular weight excluding hydrogens is 1130 g/mol. The number of rotatable bonds is 19. The number of alkyl carbamates (subject to hydrolysis) is 5. The first-order chi connectivity index (χ1) is 39.8. The van der Waals surface area contributed by atoms with Crippen molar-refractivity contribution < 1.29 is 96.9 Å². The Bertz CT molecular complexity index is 2300. The van der Waals surface area contributed by atoms with Crippen molar-refractivity contribution in [1.29, 1.82) is 0 Å². The van der Waals surface area contributed by atoms with Gasteiger partial charge in [0.05, 0.1) is 55.7 Å². The summed E-state index contributed by atoms with van der Waals surface area (Å²) in [7, 11) is 1.69. The van der Waals surface area contributed by atoms with Gasteiger partial charge in [0, 0.05) is 31.6 Å². The summed E-state index contributed by atoms with van der Waals surface area (Å²) in [5, 5.41) is 66.1. The van der Waals surface area contributed by atoms with E-state index < -0.39 is 132 Å². The fourth-order valence-electron chi connectivity index (χ4n) is 8.84. The highest BCUT2D eigenvalue weighted by molar-refractivity contribution is 5.70. The van der Waals surface area contributed by atoms with E-state index in [1.54, 1.807) is 90.2 Å². The van der Waals surface area contributed by atoms with Crippen LogP contribution in [0.4, 0.5) is 24.0 Å². The Morgan fingerprint density at radius 3 is 1.46 bits per heavy atom. The Kier molecular flexibility index (Phi) is 30.3. The van der Waals surface area contributed by atoms with E-state index in [2.05, 4.69) is 80.3 Å². The normalized spacial score (nSPS) is 25.6. The van der Waals surface area contributed by atoms with Crippen LogP contribution in [-0.4, -0.2) is 184 Å². The van der Waals surface area contributed by atoms with Crippen LogP contribution < -0.4 is 31.3 Å². The van der Waals surface area contributed by atoms with Crippen molar-refractivity contribution in [2.24, 2.45) is 5.92 Å². The first-order valence-electron chi connectivity index (χ1n) is 30.4. The van der Waals surface area contributed by atoms with Gasteiger partial charge in [0.15, 0.2) is 12.6 Å². The highest BCUT2D eigenvalue weighted by atomic mass is 16.7. The molecule has 3 fully saturated rings. The van der Waals surface area contributed by atoms with Gasteiger partial charge in [-0.3, -0.25) is 0 Å². The van der Waals surface area contributed by atoms with Crippen LogP contribution in [0.15, 0.2) is 12.1 Å². The zero-order valence-electron chi connectivity index (χ0n) is 56.2. The van der Waals surface area contributed by atoms with Crippen LogP contribution in [0, 0.1) is 5.92 Å². The van der Waals surface area contributed by atoms with E-state index in [9.17, 15) is 49.5 Å². The summed E-state index contributed by atoms with van der Waals surface area (Å²) in [6.45, 7) is 39.5. The quantitative estimate of drug-likeness (QED) is 0.0460. The van der Waals surface area contributed by atoms with Crippen LogP contribution in [0.5, 0.6) is 5.75 Å². The van der Waals surface area contributed by atoms with Crippen molar-refractivity contribution >= 4 is 30.5 Å². The van der Waals surface area contributed by atoms with E-state index in [1.165, 1.54) is 18.4 Å². The summed E-state index contributed by atoms with van der Waals surface area (Å²) in [5.41, 5.74) is -0.733. The van der Waals surface area contributed by atoms with E-state index >= 15 is 0 Å². The minimum absolute atomic E-state index is 0.115. The van der Waals surface area contributed by atoms with Gasteiger partial charge in [0.25, 0.3) is 0 Å². The Labute approximate surface area is 517 Å². The monoisotopic (exact) mass is 1250 g/mol. The second-order valence-electron chi connectivity index (χ2n) is 27.9. The molecule has 14 unspecified atom stereocenters. The maximum atomic E-state index is 13.1. The van der Waals surface area contributed by atoms with Crippen LogP contribution in [0.3, 0.4) is 0 Å². The predicted molar refractivity (Wildman–Crippen MR) is 325 cm³/mol. The molecule has 2 saturated carbocycles. The molecule has 0 aromatic heterocycles. The average molecular weight is 1250 g/mol. The summed E-state index contributed by atoms with van der Waals surface area (Å²) in [6, 6.07) is 0.571. The van der Waals surface area contributed by atoms with Gasteiger partial charge >= 0.3 is 30.5 Å². The van der Waals surface area contributed by atoms with Gasteiger partial charge in [0.1, 0.15) is 58.2 Å². The van der Waals surface area contributed by atoms with Crippen LogP contribution in [0.1, 0.15) is 213 Å². The smallest absolute Gasteiger partial charge is 0.408 e. The van der Waals surface area contributed by atoms with Crippen LogP contribution in [0.2, 0.25) is 0 Å². The Morgan fingerprint density at radius 1 is 0.598 bits per heavy atom. The largest absolute Gasteiger partial charge is 0.492 e. The van der Waals surface area contributed by atoms with Crippen molar-refractivity contribution in [2.45, 2.75) is 297 Å². The maximum absolute atomic E-state index is 13.1. The molecule has 25 heteroatoms. The molecule has 1 aliphatic heterocycles. The van der Waals surface area contributed by atoms with Crippen molar-refractivity contribution in [2.75, 3.05) is 26.9 Å². The lowest BCUT2D eigenvalue weighted by Gasteiger charge is -2.48. The highest BCUT2D eigenvalue weighted by Crippen LogP contribution is 2.41. The molecule has 1 heterocycles. The molecule has 5 amide bonds. The van der Waals surface area contributed by atoms with E-state index in [0.717, 1.165) is 16.9 Å². The number of ether oxygens (including phenoxy) is 10. The summed E-state index contributed by atoms with van der Waals surface area (Å²) in [6.07, 6.45) is -12.9. The number of methoxy groups -OCH3 is 1. The van der Waals surface area contributed by atoms with Crippen molar-refractivity contribution in [1.82, 2.24) is 26.6 Å². The standard InChI is InChI=1S/C34H62N4O15.C24H39NO5.C4H10/c1-31(2,3)50-27(43)35-15-21-20(40)14-19(38-30(46)53-34(10,11)12)26(47-21)49-25-18(37-29(45)52-33(7,8)9)13-17(36-28(44)51-32(4,5)6)24(23(25)42)48-22(41)16-39;1-13(2)16-10-17(14(3)4)22(18(11-16)15(5)28-9)29-12-19-20(21(19)26)25-23(27)30-24(6,7)8;1-3-4-2/h17-26,39-42H,13-16H2,1-12H3,(H,35,43)(H,36,44)(H,37,45)(H,38,46);10-11,13-15,19-21,26H,12H2,1-9H3,(H,25,27);3-4H2,1-2H3. The number of carbonyl (C=O) groups excluding carboxylic acids is 5. The third-order valence-corrected chi connectivity index (χ3v) is 13.2. The van der Waals surface area contributed by atoms with Gasteiger partial charge in [0.2, 0.25) is 0 Å². The topological polar surface area (TPSA) is 339 Å². The van der Waals surface area contributed by atoms with Gasteiger partial charge in [-0.05, 0) is 146 Å². The van der Waals surface area contributed by atoms with Gasteiger partial charge in [-0.2, -0.15) is 0 Å². The number of unbranched alkanes of at least 4 members (excludes halogenated alkanes) is 1. The first kappa shape index (κ1) is 78.1. The lowest BCUT2D eigenvalue weighted by atomic mass is 9.83. The van der Waals surface area contributed by atoms with E-state index in [0.29, 0.717) is 12.5 Å². The molecule has 1 saturated heterocycles. The Hall–Kier alpha value is -4.99. The summed E-state index contributed by atoms with van der Waals surface area (Å²) < 4.78 is 56.7. The number of benzene rings is 1. The summed E-state index contributed by atoms with van der Waals surface area (Å²) in [4.78, 5) is 63.3. The SMILES string of the molecule is CC(C)(C)OC(=O)NCC1OC(OC2C(NC(=O)OC(C)(C)C)CC(NC(=O)OC(C)(C)C)C(OC(O)CO)C2O)C(NC(=O)OC(C)(C)C)CC1O.CCCC.COC(C)c1cc(C(C)C)cc(C(C)C)c1OCC1C(O)C1NC(=O)OC(C)(C)C. The fourth-order valence-corrected chi connectivity index (χ4v) is 8.84. The molecule has 504 valence electrons. The number of aliphatic hydroxyl groups excluding tert-OH is 5. The molecule has 10 N–H and O–H groups in total. The summed E-state index contributed by atoms with van der Waals surface area (Å²) >= 11 is 0. The van der Waals surface area contributed by atoms with E-state index in [1.807, 2.05) is 27.7 Å². The predicted octanol–water partition coefficient (Wildman–Crippen LogP) is 8.22. The van der Waals surface area contributed by atoms with Crippen molar-refractivity contribution in [3.8, 4) is 5.75 Å². The number of amides is 5. The highest BCUT2D eigenvalue weighted by Gasteiger charge is 2.53. The third kappa shape index (κ3) is 28.6. The van der Waals surface area contributed by atoms with Gasteiger partial charge in [-0.1, -0.05) is 60.5 Å². The van der Waals surface area contributed by atoms with Crippen LogP contribution in [0.25, 0.3) is 0 Å². The lowest BCUT2D eigenvalue weighted by Crippen LogP contribution is -2.68. The van der Waals surface area contributed by atoms with Gasteiger partial charge < -0.3 is 99.5 Å².